The Hall–Kier alpha value is -2.04. The molecule has 1 aliphatic carbocycles. The summed E-state index contributed by atoms with van der Waals surface area (Å²) in [4.78, 5) is 23.7. The van der Waals surface area contributed by atoms with E-state index in [1.807, 2.05) is 0 Å². The zero-order valence-electron chi connectivity index (χ0n) is 11.1. The van der Waals surface area contributed by atoms with Crippen LogP contribution in [0.2, 0.25) is 0 Å². The molecule has 1 unspecified atom stereocenters. The maximum Gasteiger partial charge on any atom is 0.339 e. The minimum Gasteiger partial charge on any atom is -0.449 e. The Balaban J connectivity index is 1.99. The van der Waals surface area contributed by atoms with Crippen LogP contribution in [-0.2, 0) is 9.53 Å². The summed E-state index contributed by atoms with van der Waals surface area (Å²) in [6, 6.07) is 5.28. The van der Waals surface area contributed by atoms with Gasteiger partial charge < -0.3 is 15.8 Å². The van der Waals surface area contributed by atoms with Crippen LogP contribution in [0.25, 0.3) is 0 Å². The van der Waals surface area contributed by atoms with Gasteiger partial charge in [0, 0.05) is 11.7 Å². The molecule has 1 aliphatic rings. The Bertz CT molecular complexity index is 509. The molecule has 1 aromatic rings. The number of nitrogens with two attached hydrogens (primary N) is 1. The van der Waals surface area contributed by atoms with E-state index < -0.39 is 12.1 Å². The van der Waals surface area contributed by atoms with Crippen LogP contribution in [0.5, 0.6) is 0 Å². The number of amides is 1. The number of carbonyl (C=O) groups excluding carboxylic acids is 2. The van der Waals surface area contributed by atoms with Gasteiger partial charge in [-0.05, 0) is 44.4 Å². The fraction of sp³-hybridized carbons (Fsp3) is 0.429. The molecule has 1 amide bonds. The Morgan fingerprint density at radius 2 is 2.11 bits per heavy atom. The molecular weight excluding hydrogens is 244 g/mol. The summed E-state index contributed by atoms with van der Waals surface area (Å²) in [5.74, 6) is -0.777. The van der Waals surface area contributed by atoms with Crippen LogP contribution in [0.4, 0.5) is 5.69 Å². The van der Waals surface area contributed by atoms with E-state index in [-0.39, 0.29) is 11.9 Å². The normalized spacial score (nSPS) is 15.7. The maximum absolute atomic E-state index is 12.0. The van der Waals surface area contributed by atoms with Gasteiger partial charge in [0.25, 0.3) is 5.91 Å². The lowest BCUT2D eigenvalue weighted by Crippen LogP contribution is -2.37. The standard InChI is InChI=1S/C14H18N2O3/c1-8-3-4-10(15)7-12(8)14(18)19-9(2)13(17)16-11-5-6-11/h3-4,7,9,11H,5-6,15H2,1-2H3,(H,16,17). The van der Waals surface area contributed by atoms with Crippen LogP contribution in [-0.4, -0.2) is 24.0 Å². The van der Waals surface area contributed by atoms with Crippen molar-refractivity contribution in [1.29, 1.82) is 0 Å². The number of esters is 1. The number of nitrogens with one attached hydrogen (secondary N) is 1. The molecule has 1 fully saturated rings. The molecular formula is C14H18N2O3. The van der Waals surface area contributed by atoms with Crippen molar-refractivity contribution in [3.05, 3.63) is 29.3 Å². The first-order valence-electron chi connectivity index (χ1n) is 6.35. The maximum atomic E-state index is 12.0. The van der Waals surface area contributed by atoms with Crippen LogP contribution < -0.4 is 11.1 Å². The molecule has 3 N–H and O–H groups in total. The smallest absolute Gasteiger partial charge is 0.339 e. The molecule has 0 saturated heterocycles. The third-order valence-electron chi connectivity index (χ3n) is 3.06. The summed E-state index contributed by atoms with van der Waals surface area (Å²) in [6.07, 6.45) is 1.20. The van der Waals surface area contributed by atoms with E-state index in [1.165, 1.54) is 0 Å². The summed E-state index contributed by atoms with van der Waals surface area (Å²) in [5, 5.41) is 2.80. The van der Waals surface area contributed by atoms with Crippen LogP contribution in [0, 0.1) is 6.92 Å². The molecule has 5 nitrogen and oxygen atoms in total. The largest absolute Gasteiger partial charge is 0.449 e. The lowest BCUT2D eigenvalue weighted by molar-refractivity contribution is -0.129. The molecule has 1 aromatic carbocycles. The highest BCUT2D eigenvalue weighted by Gasteiger charge is 2.27. The van der Waals surface area contributed by atoms with Gasteiger partial charge in [0.05, 0.1) is 5.56 Å². The Morgan fingerprint density at radius 1 is 1.42 bits per heavy atom. The van der Waals surface area contributed by atoms with Crippen molar-refractivity contribution in [2.75, 3.05) is 5.73 Å². The van der Waals surface area contributed by atoms with Gasteiger partial charge >= 0.3 is 5.97 Å². The summed E-state index contributed by atoms with van der Waals surface area (Å²) < 4.78 is 5.16. The van der Waals surface area contributed by atoms with Gasteiger partial charge in [-0.25, -0.2) is 4.79 Å². The number of carbonyl (C=O) groups is 2. The summed E-state index contributed by atoms with van der Waals surface area (Å²) in [5.41, 5.74) is 7.30. The molecule has 0 aromatic heterocycles. The van der Waals surface area contributed by atoms with Crippen LogP contribution in [0.15, 0.2) is 18.2 Å². The second-order valence-electron chi connectivity index (χ2n) is 4.90. The van der Waals surface area contributed by atoms with Crippen LogP contribution in [0.1, 0.15) is 35.7 Å². The fourth-order valence-corrected chi connectivity index (χ4v) is 1.68. The first-order valence-corrected chi connectivity index (χ1v) is 6.35. The van der Waals surface area contributed by atoms with E-state index in [0.29, 0.717) is 11.3 Å². The van der Waals surface area contributed by atoms with Gasteiger partial charge in [-0.3, -0.25) is 4.79 Å². The van der Waals surface area contributed by atoms with Gasteiger partial charge in [0.2, 0.25) is 0 Å². The monoisotopic (exact) mass is 262 g/mol. The van der Waals surface area contributed by atoms with E-state index >= 15 is 0 Å². The third kappa shape index (κ3) is 3.47. The number of benzene rings is 1. The van der Waals surface area contributed by atoms with Gasteiger partial charge in [0.1, 0.15) is 0 Å². The molecule has 1 saturated carbocycles. The predicted molar refractivity (Wildman–Crippen MR) is 71.6 cm³/mol. The second kappa shape index (κ2) is 5.30. The highest BCUT2D eigenvalue weighted by atomic mass is 16.5. The van der Waals surface area contributed by atoms with Crippen molar-refractivity contribution in [3.8, 4) is 0 Å². The minimum absolute atomic E-state index is 0.252. The van der Waals surface area contributed by atoms with Crippen molar-refractivity contribution in [2.45, 2.75) is 38.8 Å². The van der Waals surface area contributed by atoms with E-state index in [1.54, 1.807) is 32.0 Å². The second-order valence-corrected chi connectivity index (χ2v) is 4.90. The van der Waals surface area contributed by atoms with E-state index in [2.05, 4.69) is 5.32 Å². The molecule has 0 aliphatic heterocycles. The molecule has 102 valence electrons. The van der Waals surface area contributed by atoms with Crippen molar-refractivity contribution in [3.63, 3.8) is 0 Å². The zero-order valence-corrected chi connectivity index (χ0v) is 11.1. The Morgan fingerprint density at radius 3 is 2.74 bits per heavy atom. The number of anilines is 1. The van der Waals surface area contributed by atoms with Crippen molar-refractivity contribution in [1.82, 2.24) is 5.32 Å². The molecule has 0 heterocycles. The molecule has 5 heteroatoms. The number of hydrogen-bond donors (Lipinski definition) is 2. The topological polar surface area (TPSA) is 81.4 Å². The predicted octanol–water partition coefficient (Wildman–Crippen LogP) is 1.40. The summed E-state index contributed by atoms with van der Waals surface area (Å²) in [6.45, 7) is 3.36. The van der Waals surface area contributed by atoms with Crippen molar-refractivity contribution >= 4 is 17.6 Å². The summed E-state index contributed by atoms with van der Waals surface area (Å²) >= 11 is 0. The highest BCUT2D eigenvalue weighted by molar-refractivity contribution is 5.94. The zero-order chi connectivity index (χ0) is 14.0. The lowest BCUT2D eigenvalue weighted by Gasteiger charge is -2.14. The average Bonchev–Trinajstić information content (AvgIpc) is 3.15. The van der Waals surface area contributed by atoms with Crippen molar-refractivity contribution < 1.29 is 14.3 Å². The number of hydrogen-bond acceptors (Lipinski definition) is 4. The molecule has 0 radical (unpaired) electrons. The van der Waals surface area contributed by atoms with Crippen LogP contribution in [0.3, 0.4) is 0 Å². The third-order valence-corrected chi connectivity index (χ3v) is 3.06. The lowest BCUT2D eigenvalue weighted by atomic mass is 10.1. The average molecular weight is 262 g/mol. The quantitative estimate of drug-likeness (QED) is 0.635. The molecule has 2 rings (SSSR count). The van der Waals surface area contributed by atoms with E-state index in [4.69, 9.17) is 10.5 Å². The molecule has 19 heavy (non-hydrogen) atoms. The number of nitrogen functional groups attached to an aromatic ring is 1. The first kappa shape index (κ1) is 13.4. The van der Waals surface area contributed by atoms with E-state index in [9.17, 15) is 9.59 Å². The van der Waals surface area contributed by atoms with Gasteiger partial charge in [-0.2, -0.15) is 0 Å². The first-order chi connectivity index (χ1) is 8.97. The van der Waals surface area contributed by atoms with Gasteiger partial charge in [-0.1, -0.05) is 6.07 Å². The van der Waals surface area contributed by atoms with Gasteiger partial charge in [-0.15, -0.1) is 0 Å². The molecule has 0 bridgehead atoms. The minimum atomic E-state index is -0.797. The Labute approximate surface area is 112 Å². The van der Waals surface area contributed by atoms with Crippen LogP contribution >= 0.6 is 0 Å². The number of rotatable bonds is 4. The molecule has 1 atom stereocenters. The molecule has 0 spiro atoms. The van der Waals surface area contributed by atoms with E-state index in [0.717, 1.165) is 18.4 Å². The highest BCUT2D eigenvalue weighted by Crippen LogP contribution is 2.19. The Kier molecular flexibility index (Phi) is 3.74. The fourth-order valence-electron chi connectivity index (χ4n) is 1.68. The number of ether oxygens (including phenoxy) is 1. The van der Waals surface area contributed by atoms with Gasteiger partial charge in [0.15, 0.2) is 6.10 Å². The number of aryl methyl sites for hydroxylation is 1. The summed E-state index contributed by atoms with van der Waals surface area (Å²) in [7, 11) is 0. The SMILES string of the molecule is Cc1ccc(N)cc1C(=O)OC(C)C(=O)NC1CC1. The van der Waals surface area contributed by atoms with Crippen molar-refractivity contribution in [2.24, 2.45) is 0 Å².